The van der Waals surface area contributed by atoms with E-state index in [4.69, 9.17) is 40.2 Å². The van der Waals surface area contributed by atoms with Crippen LogP contribution in [0.15, 0.2) is 60.4 Å². The molecule has 6 heteroatoms. The Bertz CT molecular complexity index is 758. The molecule has 0 fully saturated rings. The summed E-state index contributed by atoms with van der Waals surface area (Å²) in [5.41, 5.74) is 1.76. The number of phenolic OH excluding ortho intramolecular Hbond substituents is 1. The Balaban J connectivity index is 1.88. The van der Waals surface area contributed by atoms with Gasteiger partial charge >= 0.3 is 0 Å². The Labute approximate surface area is 149 Å². The molecule has 1 aliphatic carbocycles. The second kappa shape index (κ2) is 6.79. The lowest BCUT2D eigenvalue weighted by Crippen LogP contribution is -2.22. The Morgan fingerprint density at radius 2 is 2.00 bits per heavy atom. The van der Waals surface area contributed by atoms with Crippen LogP contribution in [0.4, 0.5) is 0 Å². The number of nitrogens with zero attached hydrogens (tertiary/aromatic N) is 1. The van der Waals surface area contributed by atoms with Crippen molar-refractivity contribution < 1.29 is 9.84 Å². The summed E-state index contributed by atoms with van der Waals surface area (Å²) in [7, 11) is 0. The predicted octanol–water partition coefficient (Wildman–Crippen LogP) is 5.30. The van der Waals surface area contributed by atoms with Crippen LogP contribution in [0.3, 0.4) is 0 Å². The summed E-state index contributed by atoms with van der Waals surface area (Å²) in [6.45, 7) is 0. The average molecular weight is 366 g/mol. The van der Waals surface area contributed by atoms with Crippen LogP contribution in [0.2, 0.25) is 10.0 Å². The van der Waals surface area contributed by atoms with Gasteiger partial charge in [0.1, 0.15) is 17.0 Å². The monoisotopic (exact) mass is 365 g/mol. The van der Waals surface area contributed by atoms with Crippen LogP contribution in [0.1, 0.15) is 18.4 Å². The molecule has 3 rings (SSSR count). The summed E-state index contributed by atoms with van der Waals surface area (Å²) in [5, 5.41) is 9.98. The van der Waals surface area contributed by atoms with Crippen molar-refractivity contribution in [2.45, 2.75) is 12.8 Å². The number of halogens is 2. The molecule has 0 radical (unpaired) electrons. The molecular formula is C17H13Cl2NO2S. The van der Waals surface area contributed by atoms with Gasteiger partial charge in [-0.05, 0) is 30.5 Å². The van der Waals surface area contributed by atoms with Crippen molar-refractivity contribution >= 4 is 40.4 Å². The van der Waals surface area contributed by atoms with Crippen molar-refractivity contribution in [1.82, 2.24) is 4.90 Å². The van der Waals surface area contributed by atoms with E-state index in [1.54, 1.807) is 29.5 Å². The first-order valence-electron chi connectivity index (χ1n) is 6.98. The fraction of sp³-hybridized carbons (Fsp3) is 0.118. The second-order valence-electron chi connectivity index (χ2n) is 5.06. The van der Waals surface area contributed by atoms with Gasteiger partial charge in [0.2, 0.25) is 0 Å². The van der Waals surface area contributed by atoms with E-state index in [-0.39, 0.29) is 15.8 Å². The highest BCUT2D eigenvalue weighted by Gasteiger charge is 2.17. The minimum Gasteiger partial charge on any atom is -0.505 e. The van der Waals surface area contributed by atoms with Crippen LogP contribution in [0, 0.1) is 0 Å². The fourth-order valence-electron chi connectivity index (χ4n) is 2.30. The summed E-state index contributed by atoms with van der Waals surface area (Å²) < 4.78 is 5.59. The van der Waals surface area contributed by atoms with Crippen molar-refractivity contribution in [3.63, 3.8) is 0 Å². The number of hydrogen-bond donors (Lipinski definition) is 1. The van der Waals surface area contributed by atoms with Crippen molar-refractivity contribution in [3.05, 3.63) is 76.0 Å². The molecule has 2 aliphatic rings. The molecule has 1 heterocycles. The van der Waals surface area contributed by atoms with Gasteiger partial charge in [-0.3, -0.25) is 0 Å². The minimum absolute atomic E-state index is 0.146. The topological polar surface area (TPSA) is 32.7 Å². The summed E-state index contributed by atoms with van der Waals surface area (Å²) in [4.78, 5) is 2.28. The second-order valence-corrected chi connectivity index (χ2v) is 6.26. The number of allylic oxidation sites excluding steroid dienone is 4. The number of thiocarbonyl (C=S) groups is 1. The molecule has 0 saturated carbocycles. The number of phenols is 1. The van der Waals surface area contributed by atoms with Gasteiger partial charge in [-0.2, -0.15) is 0 Å². The molecule has 0 aromatic heterocycles. The molecular weight excluding hydrogens is 353 g/mol. The number of ether oxygens (including phenoxy) is 1. The summed E-state index contributed by atoms with van der Waals surface area (Å²) in [6.07, 6.45) is 13.2. The van der Waals surface area contributed by atoms with E-state index in [1.165, 1.54) is 0 Å². The fourth-order valence-corrected chi connectivity index (χ4v) is 3.02. The quantitative estimate of drug-likeness (QED) is 0.721. The molecule has 23 heavy (non-hydrogen) atoms. The zero-order chi connectivity index (χ0) is 16.4. The third kappa shape index (κ3) is 3.44. The van der Waals surface area contributed by atoms with E-state index in [0.717, 1.165) is 24.2 Å². The maximum atomic E-state index is 9.65. The van der Waals surface area contributed by atoms with E-state index in [0.29, 0.717) is 10.6 Å². The van der Waals surface area contributed by atoms with Crippen molar-refractivity contribution in [1.29, 1.82) is 0 Å². The molecule has 0 spiro atoms. The van der Waals surface area contributed by atoms with E-state index < -0.39 is 0 Å². The molecule has 1 aliphatic heterocycles. The number of rotatable bonds is 2. The highest BCUT2D eigenvalue weighted by atomic mass is 35.5. The molecule has 0 atom stereocenters. The highest BCUT2D eigenvalue weighted by Crippen LogP contribution is 2.34. The van der Waals surface area contributed by atoms with E-state index in [9.17, 15) is 5.11 Å². The zero-order valence-corrected chi connectivity index (χ0v) is 14.3. The zero-order valence-electron chi connectivity index (χ0n) is 12.0. The molecule has 3 nitrogen and oxygen atoms in total. The van der Waals surface area contributed by atoms with E-state index in [2.05, 4.69) is 6.08 Å². The van der Waals surface area contributed by atoms with Gasteiger partial charge in [-0.15, -0.1) is 0 Å². The average Bonchev–Trinajstić information content (AvgIpc) is 2.59. The van der Waals surface area contributed by atoms with Gasteiger partial charge in [-0.1, -0.05) is 53.6 Å². The first-order chi connectivity index (χ1) is 11.1. The van der Waals surface area contributed by atoms with Gasteiger partial charge < -0.3 is 14.7 Å². The van der Waals surface area contributed by atoms with Crippen LogP contribution >= 0.6 is 35.4 Å². The summed E-state index contributed by atoms with van der Waals surface area (Å²) in [6, 6.07) is 3.18. The van der Waals surface area contributed by atoms with Crippen LogP contribution in [-0.2, 0) is 4.74 Å². The maximum absolute atomic E-state index is 9.65. The first kappa shape index (κ1) is 16.1. The lowest BCUT2D eigenvalue weighted by molar-refractivity contribution is 0.330. The first-order valence-corrected chi connectivity index (χ1v) is 8.14. The maximum Gasteiger partial charge on any atom is 0.152 e. The number of hydrogen-bond acceptors (Lipinski definition) is 3. The third-order valence-corrected chi connectivity index (χ3v) is 4.52. The normalized spacial score (nSPS) is 16.7. The number of aromatic hydroxyl groups is 1. The standard InChI is InChI=1S/C17H13Cl2NO2S/c18-13-8-12(9-14(19)16(13)21)17(23)20-6-7-22-15(10-20)11-4-2-1-3-5-11/h1-2,4,6-10,21H,3,5H2. The van der Waals surface area contributed by atoms with Gasteiger partial charge in [0, 0.05) is 11.8 Å². The molecule has 0 amide bonds. The summed E-state index contributed by atoms with van der Waals surface area (Å²) in [5.74, 6) is 0.614. The van der Waals surface area contributed by atoms with Gasteiger partial charge in [0.15, 0.2) is 5.75 Å². The largest absolute Gasteiger partial charge is 0.505 e. The van der Waals surface area contributed by atoms with Crippen LogP contribution in [0.5, 0.6) is 5.75 Å². The molecule has 0 unspecified atom stereocenters. The Morgan fingerprint density at radius 3 is 2.65 bits per heavy atom. The molecule has 118 valence electrons. The third-order valence-electron chi connectivity index (χ3n) is 3.50. The van der Waals surface area contributed by atoms with E-state index in [1.807, 2.05) is 18.4 Å². The molecule has 1 aromatic rings. The van der Waals surface area contributed by atoms with E-state index >= 15 is 0 Å². The Morgan fingerprint density at radius 1 is 1.26 bits per heavy atom. The predicted molar refractivity (Wildman–Crippen MR) is 96.4 cm³/mol. The van der Waals surface area contributed by atoms with Crippen molar-refractivity contribution in [2.75, 3.05) is 0 Å². The Kier molecular flexibility index (Phi) is 4.76. The molecule has 1 N–H and O–H groups in total. The van der Waals surface area contributed by atoms with Crippen LogP contribution in [0.25, 0.3) is 0 Å². The molecule has 0 bridgehead atoms. The van der Waals surface area contributed by atoms with Crippen LogP contribution in [-0.4, -0.2) is 15.0 Å². The lowest BCUT2D eigenvalue weighted by atomic mass is 10.0. The van der Waals surface area contributed by atoms with Crippen molar-refractivity contribution in [2.24, 2.45) is 0 Å². The summed E-state index contributed by atoms with van der Waals surface area (Å²) >= 11 is 17.4. The van der Waals surface area contributed by atoms with Gasteiger partial charge in [-0.25, -0.2) is 0 Å². The number of benzene rings is 1. The smallest absolute Gasteiger partial charge is 0.152 e. The van der Waals surface area contributed by atoms with Crippen LogP contribution < -0.4 is 0 Å². The SMILES string of the molecule is Oc1c(Cl)cc(C(=S)N2C=COC(C3=CC=CCC3)=C2)cc1Cl. The van der Waals surface area contributed by atoms with Gasteiger partial charge in [0.25, 0.3) is 0 Å². The van der Waals surface area contributed by atoms with Crippen molar-refractivity contribution in [3.8, 4) is 5.75 Å². The Hall–Kier alpha value is -1.75. The van der Waals surface area contributed by atoms with Gasteiger partial charge in [0.05, 0.1) is 16.2 Å². The minimum atomic E-state index is -0.146. The lowest BCUT2D eigenvalue weighted by Gasteiger charge is -2.24. The molecule has 1 aromatic carbocycles. The highest BCUT2D eigenvalue weighted by molar-refractivity contribution is 7.80. The molecule has 0 saturated heterocycles.